The summed E-state index contributed by atoms with van der Waals surface area (Å²) in [6.45, 7) is 1.80. The summed E-state index contributed by atoms with van der Waals surface area (Å²) < 4.78 is 12.8. The molecule has 0 saturated carbocycles. The first-order chi connectivity index (χ1) is 9.51. The van der Waals surface area contributed by atoms with Gasteiger partial charge < -0.3 is 10.6 Å². The summed E-state index contributed by atoms with van der Waals surface area (Å²) in [5.41, 5.74) is 2.14. The lowest BCUT2D eigenvalue weighted by Crippen LogP contribution is -2.14. The molecule has 20 heavy (non-hydrogen) atoms. The molecule has 104 valence electrons. The van der Waals surface area contributed by atoms with Crippen molar-refractivity contribution in [2.75, 3.05) is 17.7 Å². The van der Waals surface area contributed by atoms with Crippen LogP contribution in [0.25, 0.3) is 0 Å². The van der Waals surface area contributed by atoms with Crippen LogP contribution in [-0.4, -0.2) is 17.9 Å². The molecule has 0 aliphatic heterocycles. The Bertz CT molecular complexity index is 644. The molecule has 6 heteroatoms. The molecule has 2 aromatic rings. The van der Waals surface area contributed by atoms with Crippen molar-refractivity contribution in [2.45, 2.75) is 6.92 Å². The molecule has 2 N–H and O–H groups in total. The second-order valence-electron chi connectivity index (χ2n) is 4.19. The van der Waals surface area contributed by atoms with E-state index in [0.717, 1.165) is 5.69 Å². The van der Waals surface area contributed by atoms with Crippen molar-refractivity contribution in [3.8, 4) is 0 Å². The van der Waals surface area contributed by atoms with Crippen LogP contribution in [0.4, 0.5) is 15.8 Å². The van der Waals surface area contributed by atoms with E-state index in [2.05, 4.69) is 15.6 Å². The Kier molecular flexibility index (Phi) is 4.20. The minimum atomic E-state index is -0.396. The van der Waals surface area contributed by atoms with Crippen LogP contribution in [0.1, 0.15) is 16.1 Å². The highest BCUT2D eigenvalue weighted by Crippen LogP contribution is 2.29. The van der Waals surface area contributed by atoms with Gasteiger partial charge in [0.15, 0.2) is 5.15 Å². The van der Waals surface area contributed by atoms with E-state index in [0.29, 0.717) is 16.9 Å². The summed E-state index contributed by atoms with van der Waals surface area (Å²) in [6.07, 6.45) is 0. The number of carbonyl (C=O) groups is 1. The van der Waals surface area contributed by atoms with Gasteiger partial charge in [-0.25, -0.2) is 9.37 Å². The molecule has 0 radical (unpaired) electrons. The van der Waals surface area contributed by atoms with Gasteiger partial charge in [-0.2, -0.15) is 0 Å². The minimum Gasteiger partial charge on any atom is -0.386 e. The number of nitrogens with zero attached hydrogens (tertiary/aromatic N) is 1. The highest BCUT2D eigenvalue weighted by atomic mass is 35.5. The van der Waals surface area contributed by atoms with Gasteiger partial charge in [-0.05, 0) is 37.3 Å². The number of hydrogen-bond acceptors (Lipinski definition) is 3. The van der Waals surface area contributed by atoms with Gasteiger partial charge in [-0.15, -0.1) is 0 Å². The standard InChI is InChI=1S/C14H13ClFN3O/c1-8-7-11(17-2)12(13(15)18-8)19-14(20)9-3-5-10(16)6-4-9/h3-7H,1-2H3,(H,17,18)(H,19,20). The number of nitrogens with one attached hydrogen (secondary N) is 2. The molecular formula is C14H13ClFN3O. The molecule has 4 nitrogen and oxygen atoms in total. The maximum Gasteiger partial charge on any atom is 0.255 e. The highest BCUT2D eigenvalue weighted by Gasteiger charge is 2.13. The molecular weight excluding hydrogens is 281 g/mol. The van der Waals surface area contributed by atoms with Crippen molar-refractivity contribution in [2.24, 2.45) is 0 Å². The fourth-order valence-corrected chi connectivity index (χ4v) is 2.02. The van der Waals surface area contributed by atoms with Crippen LogP contribution in [0, 0.1) is 12.7 Å². The first-order valence-corrected chi connectivity index (χ1v) is 6.31. The van der Waals surface area contributed by atoms with Gasteiger partial charge in [0.2, 0.25) is 0 Å². The van der Waals surface area contributed by atoms with E-state index in [4.69, 9.17) is 11.6 Å². The van der Waals surface area contributed by atoms with E-state index in [1.165, 1.54) is 24.3 Å². The molecule has 0 atom stereocenters. The lowest BCUT2D eigenvalue weighted by molar-refractivity contribution is 0.102. The average molecular weight is 294 g/mol. The summed E-state index contributed by atoms with van der Waals surface area (Å²) >= 11 is 6.04. The molecule has 0 aliphatic rings. The minimum absolute atomic E-state index is 0.199. The van der Waals surface area contributed by atoms with Gasteiger partial charge in [-0.3, -0.25) is 4.79 Å². The summed E-state index contributed by atoms with van der Waals surface area (Å²) in [4.78, 5) is 16.2. The van der Waals surface area contributed by atoms with Gasteiger partial charge in [0.05, 0.1) is 5.69 Å². The number of amides is 1. The number of aryl methyl sites for hydroxylation is 1. The number of aromatic nitrogens is 1. The van der Waals surface area contributed by atoms with Gasteiger partial charge in [0.25, 0.3) is 5.91 Å². The smallest absolute Gasteiger partial charge is 0.255 e. The number of rotatable bonds is 3. The zero-order chi connectivity index (χ0) is 14.7. The van der Waals surface area contributed by atoms with Crippen molar-refractivity contribution in [1.82, 2.24) is 4.98 Å². The summed E-state index contributed by atoms with van der Waals surface area (Å²) in [5, 5.41) is 5.82. The second-order valence-corrected chi connectivity index (χ2v) is 4.55. The number of carbonyl (C=O) groups excluding carboxylic acids is 1. The van der Waals surface area contributed by atoms with E-state index >= 15 is 0 Å². The lowest BCUT2D eigenvalue weighted by Gasteiger charge is -2.13. The molecule has 2 rings (SSSR count). The van der Waals surface area contributed by atoms with Crippen LogP contribution in [-0.2, 0) is 0 Å². The number of halogens is 2. The van der Waals surface area contributed by atoms with Crippen molar-refractivity contribution >= 4 is 28.9 Å². The third kappa shape index (κ3) is 3.05. The molecule has 0 unspecified atom stereocenters. The predicted octanol–water partition coefficient (Wildman–Crippen LogP) is 3.48. The molecule has 0 saturated heterocycles. The third-order valence-corrected chi connectivity index (χ3v) is 2.99. The Labute approximate surface area is 121 Å². The van der Waals surface area contributed by atoms with Crippen LogP contribution in [0.5, 0.6) is 0 Å². The van der Waals surface area contributed by atoms with Gasteiger partial charge in [0.1, 0.15) is 11.5 Å². The summed E-state index contributed by atoms with van der Waals surface area (Å²) in [5.74, 6) is -0.776. The number of hydrogen-bond donors (Lipinski definition) is 2. The predicted molar refractivity (Wildman–Crippen MR) is 77.9 cm³/mol. The van der Waals surface area contributed by atoms with Crippen molar-refractivity contribution in [3.05, 3.63) is 52.6 Å². The molecule has 1 heterocycles. The number of anilines is 2. The maximum absolute atomic E-state index is 12.8. The van der Waals surface area contributed by atoms with E-state index in [1.54, 1.807) is 20.0 Å². The molecule has 1 aromatic carbocycles. The topological polar surface area (TPSA) is 54.0 Å². The quantitative estimate of drug-likeness (QED) is 0.852. The van der Waals surface area contributed by atoms with E-state index in [1.807, 2.05) is 0 Å². The second kappa shape index (κ2) is 5.88. The Hall–Kier alpha value is -2.14. The molecule has 0 aliphatic carbocycles. The largest absolute Gasteiger partial charge is 0.386 e. The zero-order valence-corrected chi connectivity index (χ0v) is 11.8. The Morgan fingerprint density at radius 1 is 1.30 bits per heavy atom. The van der Waals surface area contributed by atoms with Crippen LogP contribution < -0.4 is 10.6 Å². The fraction of sp³-hybridized carbons (Fsp3) is 0.143. The van der Waals surface area contributed by atoms with Crippen LogP contribution >= 0.6 is 11.6 Å². The molecule has 1 aromatic heterocycles. The number of benzene rings is 1. The normalized spacial score (nSPS) is 10.2. The lowest BCUT2D eigenvalue weighted by atomic mass is 10.2. The SMILES string of the molecule is CNc1cc(C)nc(Cl)c1NC(=O)c1ccc(F)cc1. The first-order valence-electron chi connectivity index (χ1n) is 5.93. The van der Waals surface area contributed by atoms with Crippen molar-refractivity contribution in [1.29, 1.82) is 0 Å². The van der Waals surface area contributed by atoms with Crippen molar-refractivity contribution < 1.29 is 9.18 Å². The molecule has 0 spiro atoms. The van der Waals surface area contributed by atoms with E-state index in [9.17, 15) is 9.18 Å². The van der Waals surface area contributed by atoms with Crippen LogP contribution in [0.2, 0.25) is 5.15 Å². The Morgan fingerprint density at radius 3 is 2.55 bits per heavy atom. The third-order valence-electron chi connectivity index (χ3n) is 2.72. The maximum atomic E-state index is 12.8. The number of pyridine rings is 1. The van der Waals surface area contributed by atoms with Crippen molar-refractivity contribution in [3.63, 3.8) is 0 Å². The fourth-order valence-electron chi connectivity index (χ4n) is 1.74. The monoisotopic (exact) mass is 293 g/mol. The summed E-state index contributed by atoms with van der Waals surface area (Å²) in [6, 6.07) is 7.02. The summed E-state index contributed by atoms with van der Waals surface area (Å²) in [7, 11) is 1.72. The van der Waals surface area contributed by atoms with E-state index < -0.39 is 5.82 Å². The molecule has 0 fully saturated rings. The molecule has 1 amide bonds. The highest BCUT2D eigenvalue weighted by molar-refractivity contribution is 6.33. The first kappa shape index (κ1) is 14.3. The average Bonchev–Trinajstić information content (AvgIpc) is 2.42. The van der Waals surface area contributed by atoms with Gasteiger partial charge >= 0.3 is 0 Å². The van der Waals surface area contributed by atoms with Crippen LogP contribution in [0.15, 0.2) is 30.3 Å². The van der Waals surface area contributed by atoms with Gasteiger partial charge in [0, 0.05) is 18.3 Å². The molecule has 0 bridgehead atoms. The Morgan fingerprint density at radius 2 is 1.95 bits per heavy atom. The Balaban J connectivity index is 2.30. The van der Waals surface area contributed by atoms with Crippen LogP contribution in [0.3, 0.4) is 0 Å². The van der Waals surface area contributed by atoms with E-state index in [-0.39, 0.29) is 11.1 Å². The zero-order valence-electron chi connectivity index (χ0n) is 11.0. The van der Waals surface area contributed by atoms with Gasteiger partial charge in [-0.1, -0.05) is 11.6 Å².